The molecular formula is C18H20N6O2. The van der Waals surface area contributed by atoms with E-state index in [0.29, 0.717) is 10.9 Å². The number of carboxylic acids is 1. The monoisotopic (exact) mass is 352 g/mol. The first-order valence-electron chi connectivity index (χ1n) is 8.62. The van der Waals surface area contributed by atoms with Crippen LogP contribution in [0.2, 0.25) is 0 Å². The van der Waals surface area contributed by atoms with Gasteiger partial charge in [0.15, 0.2) is 0 Å². The first kappa shape index (κ1) is 16.3. The molecule has 8 heteroatoms. The topological polar surface area (TPSA) is 130 Å². The fourth-order valence-corrected chi connectivity index (χ4v) is 3.92. The van der Waals surface area contributed by atoms with Crippen molar-refractivity contribution in [1.29, 1.82) is 0 Å². The van der Waals surface area contributed by atoms with E-state index in [1.807, 2.05) is 23.1 Å². The van der Waals surface area contributed by atoms with E-state index in [9.17, 15) is 9.90 Å². The summed E-state index contributed by atoms with van der Waals surface area (Å²) in [5.41, 5.74) is 13.2. The molecule has 2 aliphatic rings. The van der Waals surface area contributed by atoms with Crippen molar-refractivity contribution in [3.63, 3.8) is 0 Å². The van der Waals surface area contributed by atoms with Gasteiger partial charge in [-0.25, -0.2) is 9.79 Å². The predicted molar refractivity (Wildman–Crippen MR) is 100 cm³/mol. The van der Waals surface area contributed by atoms with E-state index in [0.717, 1.165) is 37.8 Å². The summed E-state index contributed by atoms with van der Waals surface area (Å²) in [6, 6.07) is 7.22. The number of hydrogen-bond acceptors (Lipinski definition) is 7. The van der Waals surface area contributed by atoms with Crippen LogP contribution in [-0.2, 0) is 0 Å². The van der Waals surface area contributed by atoms with Gasteiger partial charge in [-0.05, 0) is 43.9 Å². The summed E-state index contributed by atoms with van der Waals surface area (Å²) in [7, 11) is 0. The summed E-state index contributed by atoms with van der Waals surface area (Å²) in [5, 5.41) is 10.0. The smallest absolute Gasteiger partial charge is 0.337 e. The van der Waals surface area contributed by atoms with Gasteiger partial charge in [-0.1, -0.05) is 12.5 Å². The molecule has 2 heterocycles. The molecule has 134 valence electrons. The second-order valence-electron chi connectivity index (χ2n) is 6.69. The molecule has 4 rings (SSSR count). The molecular weight excluding hydrogens is 332 g/mol. The maximum absolute atomic E-state index is 11.4. The number of benzene rings is 1. The van der Waals surface area contributed by atoms with Gasteiger partial charge in [0.05, 0.1) is 16.8 Å². The van der Waals surface area contributed by atoms with Crippen LogP contribution in [-0.4, -0.2) is 33.6 Å². The molecule has 26 heavy (non-hydrogen) atoms. The lowest BCUT2D eigenvalue weighted by molar-refractivity contribution is 0.0696. The van der Waals surface area contributed by atoms with Crippen molar-refractivity contribution in [3.05, 3.63) is 36.0 Å². The Morgan fingerprint density at radius 1 is 1.19 bits per heavy atom. The summed E-state index contributed by atoms with van der Waals surface area (Å²) in [6.45, 7) is 0. The highest BCUT2D eigenvalue weighted by Gasteiger charge is 2.43. The SMILES string of the molecule is NC1=NC2(CCCCC2)N(c2cccc3ncc(C(=O)O)cc23)C(N)=N1. The number of carbonyl (C=O) groups is 1. The third kappa shape index (κ3) is 2.54. The number of anilines is 1. The zero-order chi connectivity index (χ0) is 18.3. The Kier molecular flexibility index (Phi) is 3.75. The Morgan fingerprint density at radius 2 is 1.96 bits per heavy atom. The lowest BCUT2D eigenvalue weighted by Gasteiger charge is -2.45. The van der Waals surface area contributed by atoms with Crippen LogP contribution in [0.15, 0.2) is 40.4 Å². The first-order valence-corrected chi connectivity index (χ1v) is 8.62. The van der Waals surface area contributed by atoms with E-state index in [1.54, 1.807) is 6.07 Å². The zero-order valence-corrected chi connectivity index (χ0v) is 14.2. The lowest BCUT2D eigenvalue weighted by atomic mass is 9.87. The van der Waals surface area contributed by atoms with Crippen molar-refractivity contribution in [2.45, 2.75) is 37.8 Å². The van der Waals surface area contributed by atoms with Gasteiger partial charge in [0, 0.05) is 11.6 Å². The van der Waals surface area contributed by atoms with Gasteiger partial charge < -0.3 is 16.6 Å². The molecule has 5 N–H and O–H groups in total. The van der Waals surface area contributed by atoms with Crippen LogP contribution in [0.1, 0.15) is 42.5 Å². The van der Waals surface area contributed by atoms with Crippen LogP contribution >= 0.6 is 0 Å². The molecule has 1 aromatic carbocycles. The second kappa shape index (κ2) is 5.98. The number of pyridine rings is 1. The number of aliphatic imine (C=N–C) groups is 2. The number of nitrogens with zero attached hydrogens (tertiary/aromatic N) is 4. The molecule has 0 atom stereocenters. The van der Waals surface area contributed by atoms with Crippen molar-refractivity contribution in [1.82, 2.24) is 4.98 Å². The number of aromatic carboxylic acids is 1. The Morgan fingerprint density at radius 3 is 2.69 bits per heavy atom. The highest BCUT2D eigenvalue weighted by Crippen LogP contribution is 2.41. The number of guanidine groups is 2. The summed E-state index contributed by atoms with van der Waals surface area (Å²) in [5.74, 6) is -0.568. The number of hydrogen-bond donors (Lipinski definition) is 3. The second-order valence-corrected chi connectivity index (χ2v) is 6.69. The third-order valence-electron chi connectivity index (χ3n) is 5.04. The number of rotatable bonds is 2. The molecule has 1 aromatic heterocycles. The molecule has 1 saturated carbocycles. The maximum atomic E-state index is 11.4. The van der Waals surface area contributed by atoms with Crippen LogP contribution in [0.4, 0.5) is 5.69 Å². The Hall–Kier alpha value is -3.16. The first-order chi connectivity index (χ1) is 12.5. The van der Waals surface area contributed by atoms with E-state index in [2.05, 4.69) is 15.0 Å². The number of fused-ring (bicyclic) bond motifs is 1. The average Bonchev–Trinajstić information content (AvgIpc) is 2.61. The van der Waals surface area contributed by atoms with Crippen LogP contribution in [0, 0.1) is 0 Å². The average molecular weight is 352 g/mol. The predicted octanol–water partition coefficient (Wildman–Crippen LogP) is 2.04. The molecule has 1 fully saturated rings. The Bertz CT molecular complexity index is 946. The molecule has 1 aliphatic heterocycles. The quantitative estimate of drug-likeness (QED) is 0.758. The van der Waals surface area contributed by atoms with Crippen molar-refractivity contribution >= 4 is 34.5 Å². The normalized spacial score (nSPS) is 19.3. The van der Waals surface area contributed by atoms with Crippen molar-refractivity contribution in [3.8, 4) is 0 Å². The summed E-state index contributed by atoms with van der Waals surface area (Å²) in [6.07, 6.45) is 6.16. The van der Waals surface area contributed by atoms with Crippen LogP contribution in [0.5, 0.6) is 0 Å². The fraction of sp³-hybridized carbons (Fsp3) is 0.333. The van der Waals surface area contributed by atoms with Gasteiger partial charge >= 0.3 is 5.97 Å². The third-order valence-corrected chi connectivity index (χ3v) is 5.04. The van der Waals surface area contributed by atoms with Gasteiger partial charge in [-0.2, -0.15) is 4.99 Å². The zero-order valence-electron chi connectivity index (χ0n) is 14.2. The van der Waals surface area contributed by atoms with Crippen LogP contribution in [0.3, 0.4) is 0 Å². The highest BCUT2D eigenvalue weighted by molar-refractivity contribution is 6.10. The maximum Gasteiger partial charge on any atom is 0.337 e. The van der Waals surface area contributed by atoms with E-state index in [-0.39, 0.29) is 17.5 Å². The number of aromatic nitrogens is 1. The van der Waals surface area contributed by atoms with E-state index >= 15 is 0 Å². The molecule has 0 bridgehead atoms. The number of nitrogens with two attached hydrogens (primary N) is 2. The molecule has 8 nitrogen and oxygen atoms in total. The minimum Gasteiger partial charge on any atom is -0.478 e. The minimum absolute atomic E-state index is 0.123. The van der Waals surface area contributed by atoms with E-state index < -0.39 is 11.6 Å². The molecule has 1 spiro atoms. The van der Waals surface area contributed by atoms with Crippen molar-refractivity contribution in [2.75, 3.05) is 4.90 Å². The Balaban J connectivity index is 1.93. The molecule has 1 aliphatic carbocycles. The van der Waals surface area contributed by atoms with Crippen LogP contribution in [0.25, 0.3) is 10.9 Å². The minimum atomic E-state index is -1.02. The molecule has 2 aromatic rings. The Labute approximate surface area is 150 Å². The molecule has 0 radical (unpaired) electrons. The van der Waals surface area contributed by atoms with Gasteiger partial charge in [0.1, 0.15) is 5.66 Å². The van der Waals surface area contributed by atoms with Gasteiger partial charge in [-0.3, -0.25) is 9.88 Å². The largest absolute Gasteiger partial charge is 0.478 e. The van der Waals surface area contributed by atoms with Gasteiger partial charge in [0.25, 0.3) is 0 Å². The molecule has 0 amide bonds. The fourth-order valence-electron chi connectivity index (χ4n) is 3.92. The highest BCUT2D eigenvalue weighted by atomic mass is 16.4. The van der Waals surface area contributed by atoms with Crippen molar-refractivity contribution in [2.24, 2.45) is 21.5 Å². The molecule has 0 unspecified atom stereocenters. The van der Waals surface area contributed by atoms with Crippen LogP contribution < -0.4 is 16.4 Å². The standard InChI is InChI=1S/C18H20N6O2/c19-16-22-17(20)24(18(23-16)7-2-1-3-8-18)14-6-4-5-13-12(14)9-11(10-21-13)15(25)26/h4-6,9-10H,1-3,7-8H2,(H,25,26)(H4,19,20,22,23). The summed E-state index contributed by atoms with van der Waals surface area (Å²) in [4.78, 5) is 26.4. The molecule has 0 saturated heterocycles. The van der Waals surface area contributed by atoms with E-state index in [1.165, 1.54) is 6.20 Å². The lowest BCUT2D eigenvalue weighted by Crippen LogP contribution is -2.58. The summed E-state index contributed by atoms with van der Waals surface area (Å²) < 4.78 is 0. The van der Waals surface area contributed by atoms with Crippen molar-refractivity contribution < 1.29 is 9.90 Å². The van der Waals surface area contributed by atoms with E-state index in [4.69, 9.17) is 11.5 Å². The van der Waals surface area contributed by atoms with Gasteiger partial charge in [-0.15, -0.1) is 0 Å². The van der Waals surface area contributed by atoms with Gasteiger partial charge in [0.2, 0.25) is 11.9 Å². The number of carboxylic acid groups (broad SMARTS) is 1. The summed E-state index contributed by atoms with van der Waals surface area (Å²) >= 11 is 0.